The SMILES string of the molecule is C=C/C=C\C1=C(C)C(C)=C(/C=C\C(=C)c2ccc3sc4c(c3c2)C=C(c2cccc3c5ccccc5c5ccccc5c23)C=CC4)CC=C1. The second kappa shape index (κ2) is 12.8. The normalized spacial score (nSPS) is 15.2. The molecule has 2 aliphatic carbocycles. The van der Waals surface area contributed by atoms with Crippen LogP contribution in [0.1, 0.15) is 41.8 Å². The molecule has 0 spiro atoms. The maximum absolute atomic E-state index is 4.52. The lowest BCUT2D eigenvalue weighted by Gasteiger charge is -2.14. The Balaban J connectivity index is 1.21. The highest BCUT2D eigenvalue weighted by Crippen LogP contribution is 2.42. The number of allylic oxidation sites excluding steroid dienone is 15. The van der Waals surface area contributed by atoms with E-state index in [1.165, 1.54) is 86.3 Å². The van der Waals surface area contributed by atoms with Crippen molar-refractivity contribution in [2.45, 2.75) is 26.7 Å². The van der Waals surface area contributed by atoms with Crippen LogP contribution in [-0.2, 0) is 6.42 Å². The van der Waals surface area contributed by atoms with E-state index in [1.54, 1.807) is 0 Å². The zero-order valence-electron chi connectivity index (χ0n) is 28.1. The number of thiophene rings is 1. The molecule has 0 saturated heterocycles. The summed E-state index contributed by atoms with van der Waals surface area (Å²) in [6.45, 7) is 12.8. The molecule has 8 rings (SSSR count). The minimum Gasteiger partial charge on any atom is -0.139 e. The van der Waals surface area contributed by atoms with Crippen molar-refractivity contribution >= 4 is 71.0 Å². The van der Waals surface area contributed by atoms with Crippen LogP contribution >= 0.6 is 11.3 Å². The maximum atomic E-state index is 4.52. The molecule has 0 radical (unpaired) electrons. The number of rotatable bonds is 6. The summed E-state index contributed by atoms with van der Waals surface area (Å²) in [6.07, 6.45) is 23.8. The predicted octanol–water partition coefficient (Wildman–Crippen LogP) is 13.9. The van der Waals surface area contributed by atoms with Crippen LogP contribution in [-0.4, -0.2) is 0 Å². The van der Waals surface area contributed by atoms with Crippen molar-refractivity contribution in [3.63, 3.8) is 0 Å². The van der Waals surface area contributed by atoms with E-state index >= 15 is 0 Å². The zero-order valence-corrected chi connectivity index (χ0v) is 28.9. The Hall–Kier alpha value is -5.50. The largest absolute Gasteiger partial charge is 0.139 e. The van der Waals surface area contributed by atoms with Gasteiger partial charge in [-0.3, -0.25) is 0 Å². The molecule has 0 amide bonds. The van der Waals surface area contributed by atoms with Crippen LogP contribution in [0, 0.1) is 0 Å². The third-order valence-electron chi connectivity index (χ3n) is 10.2. The van der Waals surface area contributed by atoms with Crippen LogP contribution in [0.5, 0.6) is 0 Å². The topological polar surface area (TPSA) is 0 Å². The van der Waals surface area contributed by atoms with E-state index in [0.29, 0.717) is 0 Å². The van der Waals surface area contributed by atoms with Gasteiger partial charge in [-0.25, -0.2) is 0 Å². The lowest BCUT2D eigenvalue weighted by Crippen LogP contribution is -1.89. The van der Waals surface area contributed by atoms with Crippen molar-refractivity contribution in [3.05, 3.63) is 197 Å². The highest BCUT2D eigenvalue weighted by Gasteiger charge is 2.17. The predicted molar refractivity (Wildman–Crippen MR) is 218 cm³/mol. The molecule has 0 nitrogen and oxygen atoms in total. The molecule has 0 fully saturated rings. The average Bonchev–Trinajstić information content (AvgIpc) is 3.25. The summed E-state index contributed by atoms with van der Waals surface area (Å²) in [5, 5.41) is 9.13. The van der Waals surface area contributed by atoms with E-state index in [4.69, 9.17) is 0 Å². The molecule has 6 aromatic rings. The second-order valence-corrected chi connectivity index (χ2v) is 14.1. The second-order valence-electron chi connectivity index (χ2n) is 13.0. The maximum Gasteiger partial charge on any atom is 0.0352 e. The molecule has 5 aromatic carbocycles. The minimum absolute atomic E-state index is 0.898. The molecule has 2 aliphatic rings. The first-order chi connectivity index (χ1) is 24.0. The fourth-order valence-electron chi connectivity index (χ4n) is 7.43. The lowest BCUT2D eigenvalue weighted by molar-refractivity contribution is 1.20. The van der Waals surface area contributed by atoms with Gasteiger partial charge in [-0.15, -0.1) is 11.3 Å². The molecule has 49 heavy (non-hydrogen) atoms. The van der Waals surface area contributed by atoms with Gasteiger partial charge in [0.2, 0.25) is 0 Å². The van der Waals surface area contributed by atoms with Gasteiger partial charge in [-0.1, -0.05) is 141 Å². The molecule has 0 N–H and O–H groups in total. The number of hydrogen-bond donors (Lipinski definition) is 0. The molecule has 236 valence electrons. The van der Waals surface area contributed by atoms with Crippen LogP contribution in [0.25, 0.3) is 59.6 Å². The summed E-state index contributed by atoms with van der Waals surface area (Å²) in [5.41, 5.74) is 11.2. The monoisotopic (exact) mass is 646 g/mol. The molecule has 0 bridgehead atoms. The quantitative estimate of drug-likeness (QED) is 0.125. The molecule has 1 heterocycles. The van der Waals surface area contributed by atoms with Gasteiger partial charge in [-0.2, -0.15) is 0 Å². The van der Waals surface area contributed by atoms with Crippen molar-refractivity contribution in [1.82, 2.24) is 0 Å². The first-order valence-corrected chi connectivity index (χ1v) is 17.8. The molecular weight excluding hydrogens is 609 g/mol. The Labute approximate surface area is 293 Å². The number of fused-ring (bicyclic) bond motifs is 9. The van der Waals surface area contributed by atoms with Crippen molar-refractivity contribution in [2.24, 2.45) is 0 Å². The Kier molecular flexibility index (Phi) is 8.07. The van der Waals surface area contributed by atoms with Crippen molar-refractivity contribution in [2.75, 3.05) is 0 Å². The summed E-state index contributed by atoms with van der Waals surface area (Å²) in [4.78, 5) is 1.41. The van der Waals surface area contributed by atoms with Gasteiger partial charge in [-0.05, 0) is 121 Å². The van der Waals surface area contributed by atoms with Crippen LogP contribution in [0.3, 0.4) is 0 Å². The fourth-order valence-corrected chi connectivity index (χ4v) is 8.57. The Morgan fingerprint density at radius 2 is 1.41 bits per heavy atom. The summed E-state index contributed by atoms with van der Waals surface area (Å²) in [5.74, 6) is 0. The summed E-state index contributed by atoms with van der Waals surface area (Å²) in [7, 11) is 0. The minimum atomic E-state index is 0.898. The first-order valence-electron chi connectivity index (χ1n) is 17.0. The molecule has 0 aliphatic heterocycles. The van der Waals surface area contributed by atoms with Gasteiger partial charge in [0.05, 0.1) is 0 Å². The average molecular weight is 647 g/mol. The van der Waals surface area contributed by atoms with Crippen LogP contribution < -0.4 is 0 Å². The van der Waals surface area contributed by atoms with E-state index in [2.05, 4.69) is 161 Å². The summed E-state index contributed by atoms with van der Waals surface area (Å²) < 4.78 is 1.32. The Morgan fingerprint density at radius 3 is 2.16 bits per heavy atom. The van der Waals surface area contributed by atoms with Gasteiger partial charge in [0.1, 0.15) is 0 Å². The number of benzene rings is 5. The van der Waals surface area contributed by atoms with Crippen LogP contribution in [0.15, 0.2) is 175 Å². The van der Waals surface area contributed by atoms with E-state index in [0.717, 1.165) is 24.0 Å². The molecule has 0 atom stereocenters. The standard InChI is InChI=1S/C48H38S/c1-5-6-14-34-15-11-16-35(33(4)32(34)3)26-25-31(2)36-27-28-47-44(29-36)45-30-37(17-12-24-46(45)49-47)38-22-13-23-43-41-19-8-7-18-39(41)40-20-9-10-21-42(40)48(38)43/h5-15,17-23,25-30H,1-2,16,24H2,3-4H3/b14-6-,26-25-. The Morgan fingerprint density at radius 1 is 0.714 bits per heavy atom. The van der Waals surface area contributed by atoms with Gasteiger partial charge < -0.3 is 0 Å². The van der Waals surface area contributed by atoms with Gasteiger partial charge in [0.15, 0.2) is 0 Å². The molecule has 1 aromatic heterocycles. The highest BCUT2D eigenvalue weighted by molar-refractivity contribution is 7.19. The highest BCUT2D eigenvalue weighted by atomic mass is 32.1. The fraction of sp³-hybridized carbons (Fsp3) is 0.0833. The van der Waals surface area contributed by atoms with Gasteiger partial charge >= 0.3 is 0 Å². The lowest BCUT2D eigenvalue weighted by atomic mass is 9.89. The van der Waals surface area contributed by atoms with Crippen molar-refractivity contribution in [1.29, 1.82) is 0 Å². The smallest absolute Gasteiger partial charge is 0.0352 e. The van der Waals surface area contributed by atoms with Gasteiger partial charge in [0, 0.05) is 21.4 Å². The van der Waals surface area contributed by atoms with E-state index in [1.807, 2.05) is 23.5 Å². The molecular formula is C48H38S. The number of hydrogen-bond acceptors (Lipinski definition) is 1. The Bertz CT molecular complexity index is 2540. The van der Waals surface area contributed by atoms with E-state index in [9.17, 15) is 0 Å². The third kappa shape index (κ3) is 5.51. The van der Waals surface area contributed by atoms with E-state index in [-0.39, 0.29) is 0 Å². The van der Waals surface area contributed by atoms with Crippen LogP contribution in [0.4, 0.5) is 0 Å². The van der Waals surface area contributed by atoms with Gasteiger partial charge in [0.25, 0.3) is 0 Å². The zero-order chi connectivity index (χ0) is 33.5. The molecule has 0 unspecified atom stereocenters. The molecule has 0 saturated carbocycles. The summed E-state index contributed by atoms with van der Waals surface area (Å²) >= 11 is 1.91. The third-order valence-corrected chi connectivity index (χ3v) is 11.4. The van der Waals surface area contributed by atoms with Crippen molar-refractivity contribution in [3.8, 4) is 0 Å². The van der Waals surface area contributed by atoms with Crippen LogP contribution in [0.2, 0.25) is 0 Å². The van der Waals surface area contributed by atoms with Crippen molar-refractivity contribution < 1.29 is 0 Å². The first kappa shape index (κ1) is 30.8. The van der Waals surface area contributed by atoms with E-state index < -0.39 is 0 Å². The molecule has 1 heteroatoms. The summed E-state index contributed by atoms with van der Waals surface area (Å²) in [6, 6.07) is 31.3.